The summed E-state index contributed by atoms with van der Waals surface area (Å²) < 4.78 is 14.0. The van der Waals surface area contributed by atoms with Crippen molar-refractivity contribution in [3.63, 3.8) is 0 Å². The fourth-order valence-corrected chi connectivity index (χ4v) is 2.41. The second kappa shape index (κ2) is 4.87. The molecular weight excluding hydrogens is 331 g/mol. The van der Waals surface area contributed by atoms with E-state index in [9.17, 15) is 4.39 Å². The van der Waals surface area contributed by atoms with Gasteiger partial charge in [-0.05, 0) is 46.3 Å². The predicted molar refractivity (Wildman–Crippen MR) is 77.6 cm³/mol. The average molecular weight is 338 g/mol. The lowest BCUT2D eigenvalue weighted by Crippen LogP contribution is -1.87. The van der Waals surface area contributed by atoms with Gasteiger partial charge in [-0.2, -0.15) is 0 Å². The standard InChI is InChI=1S/C14H7BrClFN2/c15-14-5-13-9(7-19-14)3-8(6-18-13)11-4-10(17)1-2-12(11)16/h1-7H. The number of fused-ring (bicyclic) bond motifs is 1. The molecule has 0 N–H and O–H groups in total. The van der Waals surface area contributed by atoms with Crippen LogP contribution in [0.25, 0.3) is 22.0 Å². The summed E-state index contributed by atoms with van der Waals surface area (Å²) in [5.41, 5.74) is 2.21. The highest BCUT2D eigenvalue weighted by molar-refractivity contribution is 9.10. The van der Waals surface area contributed by atoms with Gasteiger partial charge in [0.15, 0.2) is 0 Å². The maximum absolute atomic E-state index is 13.3. The summed E-state index contributed by atoms with van der Waals surface area (Å²) in [6, 6.07) is 7.99. The molecule has 2 heterocycles. The molecule has 0 saturated heterocycles. The fourth-order valence-electron chi connectivity index (χ4n) is 1.86. The van der Waals surface area contributed by atoms with Gasteiger partial charge in [-0.15, -0.1) is 0 Å². The minimum atomic E-state index is -0.326. The molecule has 0 saturated carbocycles. The summed E-state index contributed by atoms with van der Waals surface area (Å²) in [6.07, 6.45) is 3.39. The number of aromatic nitrogens is 2. The van der Waals surface area contributed by atoms with E-state index in [-0.39, 0.29) is 5.82 Å². The normalized spacial score (nSPS) is 10.9. The Morgan fingerprint density at radius 3 is 2.74 bits per heavy atom. The van der Waals surface area contributed by atoms with E-state index >= 15 is 0 Å². The molecule has 1 aromatic carbocycles. The minimum absolute atomic E-state index is 0.326. The van der Waals surface area contributed by atoms with Crippen LogP contribution in [0.4, 0.5) is 4.39 Å². The summed E-state index contributed by atoms with van der Waals surface area (Å²) in [5, 5.41) is 1.37. The molecule has 0 aliphatic heterocycles. The monoisotopic (exact) mass is 336 g/mol. The van der Waals surface area contributed by atoms with Crippen molar-refractivity contribution in [1.82, 2.24) is 9.97 Å². The Hall–Kier alpha value is -1.52. The van der Waals surface area contributed by atoms with Crippen LogP contribution in [0.5, 0.6) is 0 Å². The Morgan fingerprint density at radius 2 is 1.89 bits per heavy atom. The number of benzene rings is 1. The molecule has 0 spiro atoms. The van der Waals surface area contributed by atoms with Gasteiger partial charge in [0.25, 0.3) is 0 Å². The minimum Gasteiger partial charge on any atom is -0.255 e. The van der Waals surface area contributed by atoms with Crippen LogP contribution in [0, 0.1) is 5.82 Å². The van der Waals surface area contributed by atoms with Gasteiger partial charge in [-0.3, -0.25) is 4.98 Å². The fraction of sp³-hybridized carbons (Fsp3) is 0. The lowest BCUT2D eigenvalue weighted by Gasteiger charge is -2.06. The van der Waals surface area contributed by atoms with Crippen LogP contribution < -0.4 is 0 Å². The summed E-state index contributed by atoms with van der Waals surface area (Å²) >= 11 is 9.38. The smallest absolute Gasteiger partial charge is 0.123 e. The number of nitrogens with zero attached hydrogens (tertiary/aromatic N) is 2. The number of pyridine rings is 2. The van der Waals surface area contributed by atoms with Crippen LogP contribution in [0.3, 0.4) is 0 Å². The van der Waals surface area contributed by atoms with E-state index in [1.54, 1.807) is 12.4 Å². The van der Waals surface area contributed by atoms with Gasteiger partial charge < -0.3 is 0 Å². The summed E-state index contributed by atoms with van der Waals surface area (Å²) in [5.74, 6) is -0.326. The topological polar surface area (TPSA) is 25.8 Å². The highest BCUT2D eigenvalue weighted by Crippen LogP contribution is 2.30. The lowest BCUT2D eigenvalue weighted by atomic mass is 10.1. The molecule has 0 aliphatic rings. The first-order valence-electron chi connectivity index (χ1n) is 5.50. The van der Waals surface area contributed by atoms with E-state index in [0.717, 1.165) is 21.1 Å². The lowest BCUT2D eigenvalue weighted by molar-refractivity contribution is 0.628. The van der Waals surface area contributed by atoms with Crippen molar-refractivity contribution in [2.75, 3.05) is 0 Å². The Kier molecular flexibility index (Phi) is 3.21. The average Bonchev–Trinajstić information content (AvgIpc) is 2.41. The molecule has 3 rings (SSSR count). The van der Waals surface area contributed by atoms with E-state index in [4.69, 9.17) is 11.6 Å². The molecule has 94 valence electrons. The van der Waals surface area contributed by atoms with Crippen molar-refractivity contribution in [3.8, 4) is 11.1 Å². The number of rotatable bonds is 1. The molecule has 0 amide bonds. The molecule has 2 aromatic heterocycles. The number of halogens is 3. The van der Waals surface area contributed by atoms with Crippen LogP contribution in [0.1, 0.15) is 0 Å². The molecule has 3 aromatic rings. The van der Waals surface area contributed by atoms with Crippen LogP contribution in [0.15, 0.2) is 47.3 Å². The largest absolute Gasteiger partial charge is 0.255 e. The SMILES string of the molecule is Fc1ccc(Cl)c(-c2cnc3cc(Br)ncc3c2)c1. The first kappa shape index (κ1) is 12.5. The Labute approximate surface area is 122 Å². The zero-order valence-electron chi connectivity index (χ0n) is 9.57. The van der Waals surface area contributed by atoms with Gasteiger partial charge in [0.2, 0.25) is 0 Å². The molecule has 19 heavy (non-hydrogen) atoms. The molecule has 0 unspecified atom stereocenters. The first-order valence-corrected chi connectivity index (χ1v) is 6.67. The highest BCUT2D eigenvalue weighted by atomic mass is 79.9. The molecular formula is C14H7BrClFN2. The van der Waals surface area contributed by atoms with Gasteiger partial charge in [0.1, 0.15) is 10.4 Å². The zero-order chi connectivity index (χ0) is 13.4. The molecule has 0 radical (unpaired) electrons. The van der Waals surface area contributed by atoms with Gasteiger partial charge in [-0.25, -0.2) is 9.37 Å². The van der Waals surface area contributed by atoms with Crippen molar-refractivity contribution in [1.29, 1.82) is 0 Å². The Bertz CT molecular complexity index is 776. The molecule has 0 aliphatic carbocycles. The summed E-state index contributed by atoms with van der Waals surface area (Å²) in [7, 11) is 0. The second-order valence-electron chi connectivity index (χ2n) is 4.05. The van der Waals surface area contributed by atoms with Gasteiger partial charge in [-0.1, -0.05) is 11.6 Å². The third-order valence-corrected chi connectivity index (χ3v) is 3.53. The maximum atomic E-state index is 13.3. The van der Waals surface area contributed by atoms with Crippen molar-refractivity contribution in [3.05, 3.63) is 58.2 Å². The second-order valence-corrected chi connectivity index (χ2v) is 5.27. The van der Waals surface area contributed by atoms with Crippen molar-refractivity contribution < 1.29 is 4.39 Å². The van der Waals surface area contributed by atoms with Gasteiger partial charge in [0.05, 0.1) is 5.52 Å². The van der Waals surface area contributed by atoms with Crippen LogP contribution in [0.2, 0.25) is 5.02 Å². The van der Waals surface area contributed by atoms with E-state index in [1.165, 1.54) is 18.2 Å². The zero-order valence-corrected chi connectivity index (χ0v) is 11.9. The van der Waals surface area contributed by atoms with E-state index in [2.05, 4.69) is 25.9 Å². The van der Waals surface area contributed by atoms with Crippen molar-refractivity contribution >= 4 is 38.4 Å². The number of hydrogen-bond acceptors (Lipinski definition) is 2. The maximum Gasteiger partial charge on any atom is 0.123 e. The molecule has 5 heteroatoms. The molecule has 0 bridgehead atoms. The quantitative estimate of drug-likeness (QED) is 0.593. The van der Waals surface area contributed by atoms with Crippen LogP contribution in [-0.2, 0) is 0 Å². The molecule has 0 fully saturated rings. The Balaban J connectivity index is 2.20. The van der Waals surface area contributed by atoms with Crippen molar-refractivity contribution in [2.45, 2.75) is 0 Å². The van der Waals surface area contributed by atoms with Gasteiger partial charge in [0, 0.05) is 33.9 Å². The summed E-state index contributed by atoms with van der Waals surface area (Å²) in [4.78, 5) is 8.49. The van der Waals surface area contributed by atoms with Crippen LogP contribution >= 0.6 is 27.5 Å². The van der Waals surface area contributed by atoms with Crippen molar-refractivity contribution in [2.24, 2.45) is 0 Å². The molecule has 2 nitrogen and oxygen atoms in total. The third-order valence-electron chi connectivity index (χ3n) is 2.77. The van der Waals surface area contributed by atoms with Gasteiger partial charge >= 0.3 is 0 Å². The first-order chi connectivity index (χ1) is 9.13. The van der Waals surface area contributed by atoms with E-state index in [0.29, 0.717) is 10.6 Å². The van der Waals surface area contributed by atoms with Crippen LogP contribution in [-0.4, -0.2) is 9.97 Å². The highest BCUT2D eigenvalue weighted by Gasteiger charge is 2.07. The Morgan fingerprint density at radius 1 is 1.05 bits per heavy atom. The summed E-state index contributed by atoms with van der Waals surface area (Å²) in [6.45, 7) is 0. The van der Waals surface area contributed by atoms with E-state index in [1.807, 2.05) is 12.1 Å². The molecule has 0 atom stereocenters. The third kappa shape index (κ3) is 2.46. The van der Waals surface area contributed by atoms with E-state index < -0.39 is 0 Å². The predicted octanol–water partition coefficient (Wildman–Crippen LogP) is 4.85. The number of hydrogen-bond donors (Lipinski definition) is 0.